The monoisotopic (exact) mass is 318 g/mol. The van der Waals surface area contributed by atoms with Crippen molar-refractivity contribution < 1.29 is 22.3 Å². The van der Waals surface area contributed by atoms with Crippen LogP contribution in [0, 0.1) is 0 Å². The van der Waals surface area contributed by atoms with Crippen LogP contribution >= 0.6 is 0 Å². The Kier molecular flexibility index (Phi) is 5.42. The van der Waals surface area contributed by atoms with Crippen molar-refractivity contribution in [3.05, 3.63) is 42.5 Å². The first-order chi connectivity index (χ1) is 10.4. The molecule has 1 atom stereocenters. The van der Waals surface area contributed by atoms with Crippen molar-refractivity contribution in [2.75, 3.05) is 26.2 Å². The minimum atomic E-state index is -4.50. The Hall–Kier alpha value is -1.60. The summed E-state index contributed by atoms with van der Waals surface area (Å²) in [5.41, 5.74) is 0.680. The Balaban J connectivity index is 2.17. The van der Waals surface area contributed by atoms with Gasteiger partial charge in [-0.1, -0.05) is 18.2 Å². The van der Waals surface area contributed by atoms with E-state index in [2.05, 4.69) is 21.5 Å². The molecule has 0 spiro atoms. The molecule has 0 aliphatic carbocycles. The molecule has 1 fully saturated rings. The van der Waals surface area contributed by atoms with Gasteiger partial charge in [-0.2, -0.15) is 17.6 Å². The van der Waals surface area contributed by atoms with Gasteiger partial charge in [0.15, 0.2) is 0 Å². The van der Waals surface area contributed by atoms with E-state index in [1.54, 1.807) is 12.1 Å². The molecule has 2 rings (SSSR count). The zero-order valence-corrected chi connectivity index (χ0v) is 11.9. The van der Waals surface area contributed by atoms with Gasteiger partial charge in [-0.15, -0.1) is 6.58 Å². The lowest BCUT2D eigenvalue weighted by molar-refractivity contribution is -0.253. The van der Waals surface area contributed by atoms with Crippen LogP contribution in [0.5, 0.6) is 5.75 Å². The number of piperazine rings is 1. The second-order valence-corrected chi connectivity index (χ2v) is 5.00. The van der Waals surface area contributed by atoms with Crippen LogP contribution < -0.4 is 10.1 Å². The summed E-state index contributed by atoms with van der Waals surface area (Å²) in [4.78, 5) is 2.13. The zero-order valence-electron chi connectivity index (χ0n) is 11.9. The molecule has 0 bridgehead atoms. The maximum absolute atomic E-state index is 13.0. The Labute approximate surface area is 126 Å². The fraction of sp³-hybridized carbons (Fsp3) is 0.467. The number of benzene rings is 1. The molecule has 0 aromatic heterocycles. The number of halogens is 4. The second kappa shape index (κ2) is 7.11. The van der Waals surface area contributed by atoms with Crippen LogP contribution in [0.3, 0.4) is 0 Å². The molecule has 1 aliphatic heterocycles. The van der Waals surface area contributed by atoms with Gasteiger partial charge in [0.05, 0.1) is 6.04 Å². The number of nitrogens with one attached hydrogen (secondary N) is 1. The number of alkyl halides is 4. The number of rotatable bonds is 6. The fourth-order valence-corrected chi connectivity index (χ4v) is 2.42. The molecule has 122 valence electrons. The van der Waals surface area contributed by atoms with Crippen LogP contribution in [-0.4, -0.2) is 43.6 Å². The summed E-state index contributed by atoms with van der Waals surface area (Å²) in [7, 11) is 0. The highest BCUT2D eigenvalue weighted by Crippen LogP contribution is 2.30. The van der Waals surface area contributed by atoms with Crippen LogP contribution in [0.15, 0.2) is 36.9 Å². The minimum Gasteiger partial charge on any atom is -0.428 e. The van der Waals surface area contributed by atoms with E-state index in [0.29, 0.717) is 5.56 Å². The minimum absolute atomic E-state index is 0.175. The van der Waals surface area contributed by atoms with Gasteiger partial charge >= 0.3 is 12.5 Å². The Morgan fingerprint density at radius 3 is 2.55 bits per heavy atom. The predicted octanol–water partition coefficient (Wildman–Crippen LogP) is 3.06. The van der Waals surface area contributed by atoms with Crippen LogP contribution in [0.25, 0.3) is 0 Å². The number of ether oxygens (including phenoxy) is 1. The van der Waals surface area contributed by atoms with Gasteiger partial charge in [0.2, 0.25) is 0 Å². The molecule has 22 heavy (non-hydrogen) atoms. The maximum Gasteiger partial charge on any atom is 0.461 e. The Morgan fingerprint density at radius 2 is 1.95 bits per heavy atom. The molecule has 1 N–H and O–H groups in total. The van der Waals surface area contributed by atoms with Crippen molar-refractivity contribution in [2.24, 2.45) is 0 Å². The van der Waals surface area contributed by atoms with Crippen molar-refractivity contribution in [3.63, 3.8) is 0 Å². The highest BCUT2D eigenvalue weighted by atomic mass is 19.3. The third-order valence-corrected chi connectivity index (χ3v) is 3.48. The number of hydrogen-bond donors (Lipinski definition) is 1. The lowest BCUT2D eigenvalue weighted by Crippen LogP contribution is -2.44. The zero-order chi connectivity index (χ0) is 16.2. The molecular formula is C15H18F4N2O. The summed E-state index contributed by atoms with van der Waals surface area (Å²) < 4.78 is 54.5. The SMILES string of the molecule is C=C[C@H](c1cccc(OC(F)(F)C(F)F)c1)N1CCNCC1. The van der Waals surface area contributed by atoms with Gasteiger partial charge < -0.3 is 10.1 Å². The first-order valence-electron chi connectivity index (χ1n) is 6.96. The molecule has 1 aromatic carbocycles. The Bertz CT molecular complexity index is 504. The van der Waals surface area contributed by atoms with Crippen molar-refractivity contribution in [2.45, 2.75) is 18.6 Å². The van der Waals surface area contributed by atoms with E-state index in [-0.39, 0.29) is 11.8 Å². The van der Waals surface area contributed by atoms with E-state index in [4.69, 9.17) is 0 Å². The molecule has 0 saturated carbocycles. The van der Waals surface area contributed by atoms with Crippen molar-refractivity contribution in [1.82, 2.24) is 10.2 Å². The van der Waals surface area contributed by atoms with Crippen LogP contribution in [0.4, 0.5) is 17.6 Å². The second-order valence-electron chi connectivity index (χ2n) is 5.00. The summed E-state index contributed by atoms with van der Waals surface area (Å²) >= 11 is 0. The third-order valence-electron chi connectivity index (χ3n) is 3.48. The fourth-order valence-electron chi connectivity index (χ4n) is 2.42. The lowest BCUT2D eigenvalue weighted by Gasteiger charge is -2.33. The first-order valence-corrected chi connectivity index (χ1v) is 6.96. The smallest absolute Gasteiger partial charge is 0.428 e. The van der Waals surface area contributed by atoms with Crippen LogP contribution in [0.1, 0.15) is 11.6 Å². The maximum atomic E-state index is 13.0. The van der Waals surface area contributed by atoms with Gasteiger partial charge in [0.25, 0.3) is 0 Å². The summed E-state index contributed by atoms with van der Waals surface area (Å²) in [6.07, 6.45) is -6.67. The quantitative estimate of drug-likeness (QED) is 0.644. The Morgan fingerprint density at radius 1 is 1.27 bits per heavy atom. The lowest BCUT2D eigenvalue weighted by atomic mass is 10.0. The summed E-state index contributed by atoms with van der Waals surface area (Å²) in [5, 5.41) is 3.22. The highest BCUT2D eigenvalue weighted by molar-refractivity contribution is 5.32. The average Bonchev–Trinajstić information content (AvgIpc) is 2.49. The van der Waals surface area contributed by atoms with E-state index >= 15 is 0 Å². The van der Waals surface area contributed by atoms with Gasteiger partial charge in [0.1, 0.15) is 5.75 Å². The molecule has 7 heteroatoms. The highest BCUT2D eigenvalue weighted by Gasteiger charge is 2.44. The molecule has 0 unspecified atom stereocenters. The standard InChI is InChI=1S/C15H18F4N2O/c1-2-13(21-8-6-20-7-9-21)11-4-3-5-12(10-11)22-15(18,19)14(16)17/h2-5,10,13-14,20H,1,6-9H2/t13-/m1/s1. The van der Waals surface area contributed by atoms with Crippen molar-refractivity contribution in [1.29, 1.82) is 0 Å². The molecule has 1 aliphatic rings. The molecule has 3 nitrogen and oxygen atoms in total. The van der Waals surface area contributed by atoms with Gasteiger partial charge in [-0.3, -0.25) is 4.90 Å². The summed E-state index contributed by atoms with van der Waals surface area (Å²) in [6, 6.07) is 5.65. The number of hydrogen-bond acceptors (Lipinski definition) is 3. The van der Waals surface area contributed by atoms with Gasteiger partial charge in [-0.05, 0) is 17.7 Å². The van der Waals surface area contributed by atoms with Gasteiger partial charge in [0, 0.05) is 26.2 Å². The van der Waals surface area contributed by atoms with E-state index in [9.17, 15) is 17.6 Å². The average molecular weight is 318 g/mol. The normalized spacial score (nSPS) is 18.2. The molecule has 0 radical (unpaired) electrons. The molecule has 1 aromatic rings. The topological polar surface area (TPSA) is 24.5 Å². The van der Waals surface area contributed by atoms with Crippen LogP contribution in [0.2, 0.25) is 0 Å². The van der Waals surface area contributed by atoms with Crippen molar-refractivity contribution in [3.8, 4) is 5.75 Å². The van der Waals surface area contributed by atoms with Crippen LogP contribution in [-0.2, 0) is 0 Å². The van der Waals surface area contributed by atoms with Gasteiger partial charge in [-0.25, -0.2) is 0 Å². The molecule has 0 amide bonds. The predicted molar refractivity (Wildman–Crippen MR) is 75.4 cm³/mol. The summed E-state index contributed by atoms with van der Waals surface area (Å²) in [6.45, 7) is 6.99. The van der Waals surface area contributed by atoms with Crippen molar-refractivity contribution >= 4 is 0 Å². The van der Waals surface area contributed by atoms with E-state index in [1.165, 1.54) is 18.2 Å². The van der Waals surface area contributed by atoms with E-state index in [0.717, 1.165) is 26.2 Å². The first kappa shape index (κ1) is 16.8. The number of nitrogens with zero attached hydrogens (tertiary/aromatic N) is 1. The molecular weight excluding hydrogens is 300 g/mol. The van der Waals surface area contributed by atoms with E-state index in [1.807, 2.05) is 0 Å². The largest absolute Gasteiger partial charge is 0.461 e. The molecule has 1 saturated heterocycles. The third kappa shape index (κ3) is 3.98. The summed E-state index contributed by atoms with van der Waals surface area (Å²) in [5.74, 6) is -0.287. The van der Waals surface area contributed by atoms with E-state index < -0.39 is 12.5 Å². The molecule has 1 heterocycles.